The van der Waals surface area contributed by atoms with Gasteiger partial charge in [0.05, 0.1) is 24.4 Å². The van der Waals surface area contributed by atoms with Gasteiger partial charge in [-0.2, -0.15) is 16.8 Å². The van der Waals surface area contributed by atoms with Crippen LogP contribution in [0, 0.1) is 0 Å². The molecule has 7 heteroatoms. The fraction of sp³-hybridized carbons (Fsp3) is 0.364. The molecule has 154 valence electrons. The van der Waals surface area contributed by atoms with Crippen molar-refractivity contribution in [3.63, 3.8) is 0 Å². The molecule has 0 unspecified atom stereocenters. The van der Waals surface area contributed by atoms with E-state index >= 15 is 0 Å². The molecule has 3 aromatic rings. The van der Waals surface area contributed by atoms with Crippen LogP contribution >= 0.6 is 23.1 Å². The molecule has 2 aromatic carbocycles. The van der Waals surface area contributed by atoms with Gasteiger partial charge < -0.3 is 14.0 Å². The van der Waals surface area contributed by atoms with E-state index in [9.17, 15) is 4.79 Å². The largest absolute Gasteiger partial charge is 0.493 e. The maximum atomic E-state index is 12.4. The highest BCUT2D eigenvalue weighted by Crippen LogP contribution is 2.33. The normalized spacial score (nSPS) is 11.8. The van der Waals surface area contributed by atoms with Gasteiger partial charge in [0, 0.05) is 30.9 Å². The van der Waals surface area contributed by atoms with Crippen LogP contribution in [0.4, 0.5) is 0 Å². The predicted octanol–water partition coefficient (Wildman–Crippen LogP) is 4.88. The van der Waals surface area contributed by atoms with E-state index < -0.39 is 0 Å². The molecule has 0 fully saturated rings. The van der Waals surface area contributed by atoms with E-state index in [0.717, 1.165) is 39.5 Å². The van der Waals surface area contributed by atoms with E-state index in [2.05, 4.69) is 29.3 Å². The number of hydrogen-bond donors (Lipinski definition) is 0. The minimum absolute atomic E-state index is 0.0713. The lowest BCUT2D eigenvalue weighted by Gasteiger charge is -2.08. The van der Waals surface area contributed by atoms with E-state index in [4.69, 9.17) is 9.47 Å². The molecule has 0 spiro atoms. The Labute approximate surface area is 179 Å². The quantitative estimate of drug-likeness (QED) is 0.454. The Morgan fingerprint density at radius 2 is 1.86 bits per heavy atom. The number of ether oxygens (including phenoxy) is 2. The van der Waals surface area contributed by atoms with Crippen LogP contribution < -0.4 is 14.3 Å². The number of amides is 1. The van der Waals surface area contributed by atoms with E-state index in [1.54, 1.807) is 14.2 Å². The van der Waals surface area contributed by atoms with Crippen molar-refractivity contribution in [1.82, 2.24) is 4.57 Å². The third kappa shape index (κ3) is 5.42. The van der Waals surface area contributed by atoms with Gasteiger partial charge in [-0.25, -0.2) is 0 Å². The molecule has 1 aromatic heterocycles. The Morgan fingerprint density at radius 3 is 2.55 bits per heavy atom. The second-order valence-corrected chi connectivity index (χ2v) is 8.57. The predicted molar refractivity (Wildman–Crippen MR) is 121 cm³/mol. The van der Waals surface area contributed by atoms with Crippen molar-refractivity contribution in [3.05, 3.63) is 52.8 Å². The molecular formula is C22H26N2O3S2. The summed E-state index contributed by atoms with van der Waals surface area (Å²) >= 11 is 3.35. The van der Waals surface area contributed by atoms with Gasteiger partial charge in [0.15, 0.2) is 16.3 Å². The first-order valence-electron chi connectivity index (χ1n) is 9.60. The summed E-state index contributed by atoms with van der Waals surface area (Å²) in [5.41, 5.74) is 2.31. The average molecular weight is 431 g/mol. The third-order valence-electron chi connectivity index (χ3n) is 4.52. The first-order chi connectivity index (χ1) is 14.2. The third-order valence-corrected chi connectivity index (χ3v) is 6.67. The molecule has 5 nitrogen and oxygen atoms in total. The maximum Gasteiger partial charge on any atom is 0.248 e. The molecule has 0 atom stereocenters. The molecule has 0 bridgehead atoms. The number of methoxy groups -OCH3 is 2. The average Bonchev–Trinajstić information content (AvgIpc) is 3.08. The summed E-state index contributed by atoms with van der Waals surface area (Å²) < 4.78 is 13.9. The van der Waals surface area contributed by atoms with Crippen molar-refractivity contribution >= 4 is 39.2 Å². The van der Waals surface area contributed by atoms with Gasteiger partial charge in [-0.05, 0) is 24.7 Å². The molecule has 1 amide bonds. The minimum atomic E-state index is -0.0713. The van der Waals surface area contributed by atoms with Crippen LogP contribution in [0.3, 0.4) is 0 Å². The number of hydrogen-bond acceptors (Lipinski definition) is 5. The van der Waals surface area contributed by atoms with Gasteiger partial charge in [0.1, 0.15) is 0 Å². The zero-order chi connectivity index (χ0) is 20.6. The lowest BCUT2D eigenvalue weighted by Crippen LogP contribution is -2.15. The molecule has 0 aliphatic heterocycles. The summed E-state index contributed by atoms with van der Waals surface area (Å²) in [7, 11) is 3.24. The van der Waals surface area contributed by atoms with E-state index in [1.165, 1.54) is 16.9 Å². The Hall–Kier alpha value is -2.25. The van der Waals surface area contributed by atoms with Crippen molar-refractivity contribution in [2.75, 3.05) is 20.0 Å². The Kier molecular flexibility index (Phi) is 7.77. The van der Waals surface area contributed by atoms with Crippen LogP contribution in [-0.2, 0) is 17.1 Å². The van der Waals surface area contributed by atoms with Gasteiger partial charge in [0.25, 0.3) is 0 Å². The molecule has 3 rings (SSSR count). The summed E-state index contributed by atoms with van der Waals surface area (Å²) in [6, 6.07) is 14.3. The molecular weight excluding hydrogens is 404 g/mol. The lowest BCUT2D eigenvalue weighted by atomic mass is 10.2. The number of rotatable bonds is 9. The second-order valence-electron chi connectivity index (χ2n) is 6.45. The number of thiazole rings is 1. The van der Waals surface area contributed by atoms with Crippen LogP contribution in [0.25, 0.3) is 10.2 Å². The topological polar surface area (TPSA) is 52.8 Å². The zero-order valence-electron chi connectivity index (χ0n) is 17.0. The van der Waals surface area contributed by atoms with Gasteiger partial charge in [-0.1, -0.05) is 41.7 Å². The molecule has 0 aliphatic rings. The monoisotopic (exact) mass is 430 g/mol. The minimum Gasteiger partial charge on any atom is -0.493 e. The fourth-order valence-electron chi connectivity index (χ4n) is 3.04. The maximum absolute atomic E-state index is 12.4. The number of benzene rings is 2. The molecule has 0 saturated carbocycles. The van der Waals surface area contributed by atoms with Crippen molar-refractivity contribution in [2.24, 2.45) is 4.99 Å². The van der Waals surface area contributed by atoms with Crippen molar-refractivity contribution in [1.29, 1.82) is 0 Å². The Morgan fingerprint density at radius 1 is 1.14 bits per heavy atom. The van der Waals surface area contributed by atoms with Gasteiger partial charge in [-0.15, -0.1) is 0 Å². The van der Waals surface area contributed by atoms with E-state index in [-0.39, 0.29) is 5.91 Å². The first-order valence-corrected chi connectivity index (χ1v) is 11.6. The van der Waals surface area contributed by atoms with Gasteiger partial charge in [-0.3, -0.25) is 4.79 Å². The van der Waals surface area contributed by atoms with E-state index in [0.29, 0.717) is 17.9 Å². The number of nitrogens with zero attached hydrogens (tertiary/aromatic N) is 2. The Bertz CT molecular complexity index is 1030. The number of aromatic nitrogens is 1. The standard InChI is InChI=1S/C22H26N2O3S2/c1-4-24-17-13-18(26-2)19(27-3)14-20(17)29-22(24)23-21(25)11-8-12-28-15-16-9-6-5-7-10-16/h5-7,9-10,13-14H,4,8,11-12,15H2,1-3H3. The SMILES string of the molecule is CCn1c(=NC(=O)CCCSCc2ccccc2)sc2cc(OC)c(OC)cc21. The highest BCUT2D eigenvalue weighted by Gasteiger charge is 2.12. The number of carbonyl (C=O) groups is 1. The second kappa shape index (κ2) is 10.5. The van der Waals surface area contributed by atoms with Crippen molar-refractivity contribution < 1.29 is 14.3 Å². The number of aryl methyl sites for hydroxylation is 1. The summed E-state index contributed by atoms with van der Waals surface area (Å²) in [6.07, 6.45) is 1.30. The zero-order valence-corrected chi connectivity index (χ0v) is 18.6. The van der Waals surface area contributed by atoms with Gasteiger partial charge in [0.2, 0.25) is 5.91 Å². The molecule has 0 saturated heterocycles. The fourth-order valence-corrected chi connectivity index (χ4v) is 5.08. The highest BCUT2D eigenvalue weighted by molar-refractivity contribution is 7.98. The number of carbonyl (C=O) groups excluding carboxylic acids is 1. The summed E-state index contributed by atoms with van der Waals surface area (Å²) in [5.74, 6) is 3.20. The molecule has 0 radical (unpaired) electrons. The molecule has 29 heavy (non-hydrogen) atoms. The van der Waals surface area contributed by atoms with Crippen molar-refractivity contribution in [2.45, 2.75) is 32.1 Å². The summed E-state index contributed by atoms with van der Waals surface area (Å²) in [6.45, 7) is 2.78. The smallest absolute Gasteiger partial charge is 0.248 e. The Balaban J connectivity index is 1.66. The van der Waals surface area contributed by atoms with Crippen LogP contribution in [0.5, 0.6) is 11.5 Å². The van der Waals surface area contributed by atoms with Gasteiger partial charge >= 0.3 is 0 Å². The van der Waals surface area contributed by atoms with Crippen LogP contribution in [0.2, 0.25) is 0 Å². The van der Waals surface area contributed by atoms with Crippen LogP contribution in [-0.4, -0.2) is 30.4 Å². The molecule has 1 heterocycles. The molecule has 0 aliphatic carbocycles. The van der Waals surface area contributed by atoms with Crippen molar-refractivity contribution in [3.8, 4) is 11.5 Å². The van der Waals surface area contributed by atoms with Crippen LogP contribution in [0.15, 0.2) is 47.5 Å². The molecule has 0 N–H and O–H groups in total. The van der Waals surface area contributed by atoms with Crippen LogP contribution in [0.1, 0.15) is 25.3 Å². The summed E-state index contributed by atoms with van der Waals surface area (Å²) in [4.78, 5) is 17.5. The lowest BCUT2D eigenvalue weighted by molar-refractivity contribution is -0.118. The first kappa shape index (κ1) is 21.5. The number of thioether (sulfide) groups is 1. The summed E-state index contributed by atoms with van der Waals surface area (Å²) in [5, 5.41) is 0. The van der Waals surface area contributed by atoms with E-state index in [1.807, 2.05) is 41.5 Å². The highest BCUT2D eigenvalue weighted by atomic mass is 32.2. The number of fused-ring (bicyclic) bond motifs is 1.